The van der Waals surface area contributed by atoms with E-state index in [1.54, 1.807) is 6.92 Å². The molecule has 1 atom stereocenters. The lowest BCUT2D eigenvalue weighted by Gasteiger charge is -2.18. The molecule has 2 heterocycles. The molecule has 154 valence electrons. The summed E-state index contributed by atoms with van der Waals surface area (Å²) in [5, 5.41) is 3.40. The molecule has 29 heavy (non-hydrogen) atoms. The number of carbonyl (C=O) groups excluding carboxylic acids is 3. The maximum Gasteiger partial charge on any atom is 0.341 e. The standard InChI is InChI=1S/C20H21ClN2O5S/c1-3-27-20(26)17-13-6-4-11(2)8-14(13)29-18(17)23-16(24)10-28-19(25)12-5-7-15(21)22-9-12/h5,7,9,11H,3-4,6,8,10H2,1-2H3,(H,23,24). The van der Waals surface area contributed by atoms with Crippen molar-refractivity contribution in [3.63, 3.8) is 0 Å². The number of anilines is 1. The van der Waals surface area contributed by atoms with E-state index in [2.05, 4.69) is 17.2 Å². The lowest BCUT2D eigenvalue weighted by molar-refractivity contribution is -0.119. The zero-order valence-electron chi connectivity index (χ0n) is 16.1. The fourth-order valence-electron chi connectivity index (χ4n) is 3.13. The summed E-state index contributed by atoms with van der Waals surface area (Å²) in [6.07, 6.45) is 3.89. The van der Waals surface area contributed by atoms with Crippen LogP contribution in [0.2, 0.25) is 5.15 Å². The third-order valence-electron chi connectivity index (χ3n) is 4.54. The van der Waals surface area contributed by atoms with Crippen LogP contribution >= 0.6 is 22.9 Å². The number of thiophene rings is 1. The van der Waals surface area contributed by atoms with Crippen LogP contribution in [0.25, 0.3) is 0 Å². The number of carbonyl (C=O) groups is 3. The first-order chi connectivity index (χ1) is 13.9. The zero-order chi connectivity index (χ0) is 21.0. The Balaban J connectivity index is 1.70. The van der Waals surface area contributed by atoms with Crippen LogP contribution in [0.3, 0.4) is 0 Å². The molecule has 1 unspecified atom stereocenters. The number of ether oxygens (including phenoxy) is 2. The summed E-state index contributed by atoms with van der Waals surface area (Å²) in [5.74, 6) is -1.14. The van der Waals surface area contributed by atoms with Crippen molar-refractivity contribution in [3.05, 3.63) is 45.1 Å². The van der Waals surface area contributed by atoms with Crippen molar-refractivity contribution in [3.8, 4) is 0 Å². The molecule has 9 heteroatoms. The Bertz CT molecular complexity index is 926. The van der Waals surface area contributed by atoms with Crippen LogP contribution in [-0.4, -0.2) is 36.0 Å². The maximum atomic E-state index is 12.5. The molecule has 1 N–H and O–H groups in total. The van der Waals surface area contributed by atoms with Gasteiger partial charge in [0, 0.05) is 11.1 Å². The molecule has 2 aromatic rings. The van der Waals surface area contributed by atoms with Crippen molar-refractivity contribution in [1.29, 1.82) is 0 Å². The van der Waals surface area contributed by atoms with Crippen molar-refractivity contribution < 1.29 is 23.9 Å². The van der Waals surface area contributed by atoms with Gasteiger partial charge in [-0.25, -0.2) is 14.6 Å². The number of nitrogens with zero attached hydrogens (tertiary/aromatic N) is 1. The fraction of sp³-hybridized carbons (Fsp3) is 0.400. The Morgan fingerprint density at radius 3 is 2.76 bits per heavy atom. The van der Waals surface area contributed by atoms with Crippen molar-refractivity contribution in [1.82, 2.24) is 4.98 Å². The molecule has 0 radical (unpaired) electrons. The molecule has 1 amide bonds. The van der Waals surface area contributed by atoms with E-state index in [-0.39, 0.29) is 17.3 Å². The Hall–Kier alpha value is -2.45. The normalized spacial score (nSPS) is 15.3. The minimum atomic E-state index is -0.686. The number of aromatic nitrogens is 1. The van der Waals surface area contributed by atoms with Gasteiger partial charge in [0.25, 0.3) is 5.91 Å². The van der Waals surface area contributed by atoms with Gasteiger partial charge >= 0.3 is 11.9 Å². The predicted molar refractivity (Wildman–Crippen MR) is 110 cm³/mol. The topological polar surface area (TPSA) is 94.6 Å². The molecule has 2 aromatic heterocycles. The van der Waals surface area contributed by atoms with Crippen LogP contribution in [-0.2, 0) is 27.1 Å². The second-order valence-electron chi connectivity index (χ2n) is 6.77. The highest BCUT2D eigenvalue weighted by Gasteiger charge is 2.29. The Morgan fingerprint density at radius 2 is 2.07 bits per heavy atom. The van der Waals surface area contributed by atoms with Crippen molar-refractivity contribution in [2.75, 3.05) is 18.5 Å². The SMILES string of the molecule is CCOC(=O)c1c(NC(=O)COC(=O)c2ccc(Cl)nc2)sc2c1CCC(C)C2. The van der Waals surface area contributed by atoms with Gasteiger partial charge in [-0.1, -0.05) is 18.5 Å². The van der Waals surface area contributed by atoms with Gasteiger partial charge in [-0.05, 0) is 49.8 Å². The van der Waals surface area contributed by atoms with Gasteiger partial charge in [0.15, 0.2) is 6.61 Å². The van der Waals surface area contributed by atoms with Crippen LogP contribution in [0, 0.1) is 5.92 Å². The fourth-order valence-corrected chi connectivity index (χ4v) is 4.66. The van der Waals surface area contributed by atoms with Crippen molar-refractivity contribution in [2.45, 2.75) is 33.1 Å². The first kappa shape index (κ1) is 21.3. The molecule has 0 aromatic carbocycles. The minimum Gasteiger partial charge on any atom is -0.462 e. The highest BCUT2D eigenvalue weighted by molar-refractivity contribution is 7.17. The van der Waals surface area contributed by atoms with Gasteiger partial charge in [0.05, 0.1) is 17.7 Å². The summed E-state index contributed by atoms with van der Waals surface area (Å²) in [6, 6.07) is 2.92. The van der Waals surface area contributed by atoms with E-state index in [4.69, 9.17) is 21.1 Å². The number of fused-ring (bicyclic) bond motifs is 1. The minimum absolute atomic E-state index is 0.190. The number of nitrogens with one attached hydrogen (secondary N) is 1. The van der Waals surface area contributed by atoms with Crippen LogP contribution in [0.1, 0.15) is 51.4 Å². The van der Waals surface area contributed by atoms with E-state index in [0.717, 1.165) is 29.7 Å². The summed E-state index contributed by atoms with van der Waals surface area (Å²) in [4.78, 5) is 41.7. The largest absolute Gasteiger partial charge is 0.462 e. The lowest BCUT2D eigenvalue weighted by atomic mass is 9.88. The second-order valence-corrected chi connectivity index (χ2v) is 8.26. The Morgan fingerprint density at radius 1 is 1.28 bits per heavy atom. The number of hydrogen-bond acceptors (Lipinski definition) is 7. The molecule has 1 aliphatic rings. The van der Waals surface area contributed by atoms with E-state index in [0.29, 0.717) is 16.5 Å². The Labute approximate surface area is 177 Å². The molecule has 1 aliphatic carbocycles. The number of hydrogen-bond donors (Lipinski definition) is 1. The quantitative estimate of drug-likeness (QED) is 0.545. The first-order valence-electron chi connectivity index (χ1n) is 9.29. The Kier molecular flexibility index (Phi) is 6.87. The number of halogens is 1. The van der Waals surface area contributed by atoms with Gasteiger partial charge < -0.3 is 14.8 Å². The van der Waals surface area contributed by atoms with Gasteiger partial charge in [-0.15, -0.1) is 11.3 Å². The monoisotopic (exact) mass is 436 g/mol. The summed E-state index contributed by atoms with van der Waals surface area (Å²) >= 11 is 7.07. The van der Waals surface area contributed by atoms with Crippen LogP contribution in [0.15, 0.2) is 18.3 Å². The summed E-state index contributed by atoms with van der Waals surface area (Å²) in [6.45, 7) is 3.67. The van der Waals surface area contributed by atoms with Crippen molar-refractivity contribution in [2.24, 2.45) is 5.92 Å². The van der Waals surface area contributed by atoms with Crippen LogP contribution in [0.4, 0.5) is 5.00 Å². The van der Waals surface area contributed by atoms with Gasteiger partial charge in [0.2, 0.25) is 0 Å². The third kappa shape index (κ3) is 5.13. The molecule has 0 saturated heterocycles. The average molecular weight is 437 g/mol. The summed E-state index contributed by atoms with van der Waals surface area (Å²) in [7, 11) is 0. The summed E-state index contributed by atoms with van der Waals surface area (Å²) < 4.78 is 10.2. The summed E-state index contributed by atoms with van der Waals surface area (Å²) in [5.41, 5.74) is 1.56. The van der Waals surface area contributed by atoms with Gasteiger partial charge in [0.1, 0.15) is 10.2 Å². The number of amides is 1. The number of rotatable bonds is 6. The smallest absolute Gasteiger partial charge is 0.341 e. The maximum absolute atomic E-state index is 12.5. The number of esters is 2. The lowest BCUT2D eigenvalue weighted by Crippen LogP contribution is -2.22. The van der Waals surface area contributed by atoms with Gasteiger partial charge in [-0.2, -0.15) is 0 Å². The molecule has 0 aliphatic heterocycles. The van der Waals surface area contributed by atoms with Crippen LogP contribution < -0.4 is 5.32 Å². The molecule has 7 nitrogen and oxygen atoms in total. The zero-order valence-corrected chi connectivity index (χ0v) is 17.7. The first-order valence-corrected chi connectivity index (χ1v) is 10.5. The van der Waals surface area contributed by atoms with Crippen molar-refractivity contribution >= 4 is 45.8 Å². The molecular formula is C20H21ClN2O5S. The molecule has 0 saturated carbocycles. The number of pyridine rings is 1. The van der Waals surface area contributed by atoms with E-state index < -0.39 is 24.5 Å². The molecular weight excluding hydrogens is 416 g/mol. The predicted octanol–water partition coefficient (Wildman–Crippen LogP) is 3.89. The molecule has 3 rings (SSSR count). The van der Waals surface area contributed by atoms with E-state index in [1.165, 1.54) is 29.7 Å². The van der Waals surface area contributed by atoms with E-state index in [9.17, 15) is 14.4 Å². The average Bonchev–Trinajstić information content (AvgIpc) is 3.03. The molecule has 0 spiro atoms. The van der Waals surface area contributed by atoms with E-state index >= 15 is 0 Å². The second kappa shape index (κ2) is 9.37. The van der Waals surface area contributed by atoms with Crippen LogP contribution in [0.5, 0.6) is 0 Å². The van der Waals surface area contributed by atoms with Gasteiger partial charge in [-0.3, -0.25) is 4.79 Å². The third-order valence-corrected chi connectivity index (χ3v) is 5.93. The van der Waals surface area contributed by atoms with E-state index in [1.807, 2.05) is 0 Å². The molecule has 0 bridgehead atoms. The highest BCUT2D eigenvalue weighted by atomic mass is 35.5. The molecule has 0 fully saturated rings. The highest BCUT2D eigenvalue weighted by Crippen LogP contribution is 2.40.